The van der Waals surface area contributed by atoms with Gasteiger partial charge in [0.05, 0.1) is 5.69 Å². The van der Waals surface area contributed by atoms with Gasteiger partial charge in [-0.1, -0.05) is 109 Å². The van der Waals surface area contributed by atoms with Gasteiger partial charge in [0.1, 0.15) is 0 Å². The highest BCUT2D eigenvalue weighted by Crippen LogP contribution is 2.47. The van der Waals surface area contributed by atoms with Crippen molar-refractivity contribution in [2.45, 2.75) is 0 Å². The molecule has 8 rings (SSSR count). The van der Waals surface area contributed by atoms with Gasteiger partial charge < -0.3 is 4.90 Å². The smallest absolute Gasteiger partial charge is 0.0547 e. The van der Waals surface area contributed by atoms with Crippen molar-refractivity contribution in [3.05, 3.63) is 152 Å². The summed E-state index contributed by atoms with van der Waals surface area (Å²) in [6.45, 7) is 0. The van der Waals surface area contributed by atoms with E-state index in [-0.39, 0.29) is 0 Å². The number of hydrogen-bond acceptors (Lipinski definition) is 2. The Kier molecular flexibility index (Phi) is 5.39. The third-order valence-corrected chi connectivity index (χ3v) is 9.03. The summed E-state index contributed by atoms with van der Waals surface area (Å²) in [5.74, 6) is 0. The van der Waals surface area contributed by atoms with Gasteiger partial charge in [0.15, 0.2) is 0 Å². The summed E-state index contributed by atoms with van der Waals surface area (Å²) in [4.78, 5) is 2.42. The molecule has 1 nitrogen and oxygen atoms in total. The van der Waals surface area contributed by atoms with E-state index < -0.39 is 0 Å². The molecular weight excluding hydrogens is 502 g/mol. The van der Waals surface area contributed by atoms with Crippen LogP contribution in [0.1, 0.15) is 0 Å². The summed E-state index contributed by atoms with van der Waals surface area (Å²) in [6, 6.07) is 54.9. The molecular formula is C38H25NS. The van der Waals surface area contributed by atoms with Crippen LogP contribution in [0.4, 0.5) is 17.1 Å². The summed E-state index contributed by atoms with van der Waals surface area (Å²) in [5.41, 5.74) is 5.98. The molecule has 0 radical (unpaired) electrons. The van der Waals surface area contributed by atoms with Gasteiger partial charge in [-0.2, -0.15) is 0 Å². The molecule has 1 aromatic heterocycles. The van der Waals surface area contributed by atoms with Crippen molar-refractivity contribution in [2.75, 3.05) is 4.90 Å². The van der Waals surface area contributed by atoms with Crippen molar-refractivity contribution in [3.63, 3.8) is 0 Å². The van der Waals surface area contributed by atoms with Crippen LogP contribution >= 0.6 is 11.3 Å². The predicted octanol–water partition coefficient (Wildman–Crippen LogP) is 11.5. The molecule has 0 aliphatic carbocycles. The normalized spacial score (nSPS) is 11.5. The van der Waals surface area contributed by atoms with Crippen LogP contribution < -0.4 is 4.90 Å². The lowest BCUT2D eigenvalue weighted by atomic mass is 9.99. The van der Waals surface area contributed by atoms with E-state index in [9.17, 15) is 0 Å². The lowest BCUT2D eigenvalue weighted by molar-refractivity contribution is 1.31. The zero-order valence-corrected chi connectivity index (χ0v) is 22.6. The average Bonchev–Trinajstić information content (AvgIpc) is 3.40. The second kappa shape index (κ2) is 9.37. The van der Waals surface area contributed by atoms with Crippen molar-refractivity contribution in [1.82, 2.24) is 0 Å². The highest BCUT2D eigenvalue weighted by atomic mass is 32.1. The van der Waals surface area contributed by atoms with E-state index in [1.807, 2.05) is 11.3 Å². The monoisotopic (exact) mass is 527 g/mol. The van der Waals surface area contributed by atoms with Crippen LogP contribution in [0.15, 0.2) is 152 Å². The number of hydrogen-bond donors (Lipinski definition) is 0. The zero-order chi connectivity index (χ0) is 26.5. The van der Waals surface area contributed by atoms with E-state index in [1.165, 1.54) is 58.5 Å². The fraction of sp³-hybridized carbons (Fsp3) is 0. The Bertz CT molecular complexity index is 2160. The second-order valence-electron chi connectivity index (χ2n) is 10.2. The Balaban J connectivity index is 1.44. The first kappa shape index (κ1) is 23.0. The molecule has 0 aliphatic rings. The van der Waals surface area contributed by atoms with Crippen molar-refractivity contribution < 1.29 is 0 Å². The van der Waals surface area contributed by atoms with Crippen LogP contribution in [-0.4, -0.2) is 0 Å². The summed E-state index contributed by atoms with van der Waals surface area (Å²) >= 11 is 1.89. The molecule has 7 aromatic carbocycles. The molecule has 0 N–H and O–H groups in total. The van der Waals surface area contributed by atoms with Gasteiger partial charge >= 0.3 is 0 Å². The number of thiophene rings is 1. The Morgan fingerprint density at radius 2 is 1.10 bits per heavy atom. The molecule has 0 aliphatic heterocycles. The van der Waals surface area contributed by atoms with Crippen LogP contribution in [0.2, 0.25) is 0 Å². The maximum atomic E-state index is 2.42. The summed E-state index contributed by atoms with van der Waals surface area (Å²) in [6.07, 6.45) is 0. The van der Waals surface area contributed by atoms with Gasteiger partial charge in [0.25, 0.3) is 0 Å². The maximum Gasteiger partial charge on any atom is 0.0547 e. The minimum Gasteiger partial charge on any atom is -0.310 e. The van der Waals surface area contributed by atoms with Gasteiger partial charge in [-0.05, 0) is 64.4 Å². The van der Waals surface area contributed by atoms with Crippen molar-refractivity contribution in [1.29, 1.82) is 0 Å². The van der Waals surface area contributed by atoms with Crippen molar-refractivity contribution >= 4 is 70.1 Å². The van der Waals surface area contributed by atoms with Gasteiger partial charge in [-0.15, -0.1) is 11.3 Å². The summed E-state index contributed by atoms with van der Waals surface area (Å²) < 4.78 is 2.65. The molecule has 0 saturated carbocycles. The minimum atomic E-state index is 1.15. The van der Waals surface area contributed by atoms with E-state index >= 15 is 0 Å². The Labute approximate surface area is 237 Å². The highest BCUT2D eigenvalue weighted by Gasteiger charge is 2.19. The predicted molar refractivity (Wildman–Crippen MR) is 174 cm³/mol. The Hall–Kier alpha value is -4.92. The highest BCUT2D eigenvalue weighted by molar-refractivity contribution is 7.26. The van der Waals surface area contributed by atoms with Crippen molar-refractivity contribution in [2.24, 2.45) is 0 Å². The Morgan fingerprint density at radius 3 is 1.93 bits per heavy atom. The lowest BCUT2D eigenvalue weighted by Gasteiger charge is -2.27. The molecule has 8 aromatic rings. The quantitative estimate of drug-likeness (QED) is 0.220. The first-order chi connectivity index (χ1) is 19.8. The molecule has 1 heterocycles. The SMILES string of the molecule is c1ccc(-c2ccc3sc4c5ccccc5c(N(c5ccccc5)c5ccc6ccccc6c5)cc4c3c2)cc1. The first-order valence-electron chi connectivity index (χ1n) is 13.6. The number of anilines is 3. The van der Waals surface area contributed by atoms with Crippen LogP contribution in [0.5, 0.6) is 0 Å². The molecule has 0 amide bonds. The van der Waals surface area contributed by atoms with Crippen LogP contribution in [0, 0.1) is 0 Å². The van der Waals surface area contributed by atoms with Gasteiger partial charge in [-0.3, -0.25) is 0 Å². The molecule has 0 unspecified atom stereocenters. The summed E-state index contributed by atoms with van der Waals surface area (Å²) in [5, 5.41) is 7.63. The fourth-order valence-electron chi connectivity index (χ4n) is 5.89. The van der Waals surface area contributed by atoms with Crippen molar-refractivity contribution in [3.8, 4) is 11.1 Å². The van der Waals surface area contributed by atoms with E-state index in [4.69, 9.17) is 0 Å². The molecule has 0 saturated heterocycles. The molecule has 2 heteroatoms. The average molecular weight is 528 g/mol. The number of rotatable bonds is 4. The van der Waals surface area contributed by atoms with Gasteiger partial charge in [-0.25, -0.2) is 0 Å². The number of nitrogens with zero attached hydrogens (tertiary/aromatic N) is 1. The number of benzene rings is 7. The maximum absolute atomic E-state index is 2.42. The zero-order valence-electron chi connectivity index (χ0n) is 21.8. The van der Waals surface area contributed by atoms with E-state index in [0.29, 0.717) is 0 Å². The molecule has 0 atom stereocenters. The van der Waals surface area contributed by atoms with E-state index in [0.717, 1.165) is 11.4 Å². The molecule has 0 fully saturated rings. The van der Waals surface area contributed by atoms with Crippen LogP contribution in [0.3, 0.4) is 0 Å². The molecule has 40 heavy (non-hydrogen) atoms. The van der Waals surface area contributed by atoms with Gasteiger partial charge in [0.2, 0.25) is 0 Å². The standard InChI is InChI=1S/C38H25NS/c1-3-11-26(12-4-1)29-20-22-37-34(24-29)35-25-36(32-17-9-10-18-33(32)38(35)40-37)39(30-15-5-2-6-16-30)31-21-19-27-13-7-8-14-28(27)23-31/h1-25H. The molecule has 0 bridgehead atoms. The first-order valence-corrected chi connectivity index (χ1v) is 14.4. The van der Waals surface area contributed by atoms with Crippen LogP contribution in [-0.2, 0) is 0 Å². The number of para-hydroxylation sites is 1. The minimum absolute atomic E-state index is 1.15. The Morgan fingerprint density at radius 1 is 0.400 bits per heavy atom. The number of fused-ring (bicyclic) bond motifs is 6. The van der Waals surface area contributed by atoms with E-state index in [2.05, 4.69) is 157 Å². The lowest BCUT2D eigenvalue weighted by Crippen LogP contribution is -2.10. The fourth-order valence-corrected chi connectivity index (χ4v) is 7.10. The third-order valence-electron chi connectivity index (χ3n) is 7.81. The van der Waals surface area contributed by atoms with Crippen LogP contribution in [0.25, 0.3) is 52.8 Å². The van der Waals surface area contributed by atoms with E-state index in [1.54, 1.807) is 0 Å². The summed E-state index contributed by atoms with van der Waals surface area (Å²) in [7, 11) is 0. The third kappa shape index (κ3) is 3.77. The molecule has 0 spiro atoms. The largest absolute Gasteiger partial charge is 0.310 e. The topological polar surface area (TPSA) is 3.24 Å². The second-order valence-corrected chi connectivity index (χ2v) is 11.3. The molecule has 188 valence electrons. The van der Waals surface area contributed by atoms with Gasteiger partial charge in [0, 0.05) is 42.3 Å².